The first-order valence-electron chi connectivity index (χ1n) is 14.4. The van der Waals surface area contributed by atoms with Crippen molar-refractivity contribution < 1.29 is 37.0 Å². The van der Waals surface area contributed by atoms with Gasteiger partial charge in [0.2, 0.25) is 5.91 Å². The number of esters is 1. The quantitative estimate of drug-likeness (QED) is 0.208. The second kappa shape index (κ2) is 14.1. The minimum Gasteiger partial charge on any atom is -0.459 e. The van der Waals surface area contributed by atoms with Gasteiger partial charge in [-0.3, -0.25) is 9.59 Å². The van der Waals surface area contributed by atoms with Gasteiger partial charge in [0.15, 0.2) is 0 Å². The van der Waals surface area contributed by atoms with Crippen molar-refractivity contribution in [1.29, 1.82) is 0 Å². The molecule has 45 heavy (non-hydrogen) atoms. The number of para-hydroxylation sites is 1. The Morgan fingerprint density at radius 2 is 1.40 bits per heavy atom. The van der Waals surface area contributed by atoms with Crippen molar-refractivity contribution in [2.45, 2.75) is 31.7 Å². The fraction of sp³-hybridized carbons (Fsp3) is 0.229. The molecule has 4 aromatic carbocycles. The molecule has 0 radical (unpaired) electrons. The van der Waals surface area contributed by atoms with E-state index in [4.69, 9.17) is 9.47 Å². The minimum atomic E-state index is -4.44. The average molecular weight is 617 g/mol. The van der Waals surface area contributed by atoms with Gasteiger partial charge in [0.25, 0.3) is 5.91 Å². The number of ether oxygens (including phenoxy) is 2. The van der Waals surface area contributed by atoms with Crippen LogP contribution in [0, 0.1) is 5.92 Å². The smallest absolute Gasteiger partial charge is 0.416 e. The summed E-state index contributed by atoms with van der Waals surface area (Å²) < 4.78 is 50.3. The topological polar surface area (TPSA) is 84.9 Å². The molecule has 1 N–H and O–H groups in total. The molecule has 10 heteroatoms. The highest BCUT2D eigenvalue weighted by atomic mass is 19.4. The van der Waals surface area contributed by atoms with Gasteiger partial charge in [-0.15, -0.1) is 0 Å². The summed E-state index contributed by atoms with van der Waals surface area (Å²) in [6.07, 6.45) is -3.80. The number of carbonyl (C=O) groups is 3. The number of hydrogen-bond donors (Lipinski definition) is 1. The van der Waals surface area contributed by atoms with Crippen LogP contribution in [0.15, 0.2) is 109 Å². The summed E-state index contributed by atoms with van der Waals surface area (Å²) in [4.78, 5) is 40.7. The van der Waals surface area contributed by atoms with E-state index in [1.807, 2.05) is 60.7 Å². The van der Waals surface area contributed by atoms with E-state index < -0.39 is 35.6 Å². The molecule has 0 unspecified atom stereocenters. The Morgan fingerprint density at radius 1 is 0.778 bits per heavy atom. The van der Waals surface area contributed by atoms with Gasteiger partial charge in [-0.25, -0.2) is 4.79 Å². The fourth-order valence-corrected chi connectivity index (χ4v) is 5.22. The number of rotatable bonds is 10. The maximum atomic E-state index is 13.3. The van der Waals surface area contributed by atoms with Gasteiger partial charge in [0, 0.05) is 12.1 Å². The van der Waals surface area contributed by atoms with Gasteiger partial charge in [0.05, 0.1) is 12.1 Å². The van der Waals surface area contributed by atoms with E-state index in [9.17, 15) is 27.6 Å². The maximum Gasteiger partial charge on any atom is 0.416 e. The Labute approximate surface area is 258 Å². The van der Waals surface area contributed by atoms with Crippen LogP contribution < -0.4 is 10.1 Å². The molecule has 2 atom stereocenters. The molecule has 7 nitrogen and oxygen atoms in total. The van der Waals surface area contributed by atoms with Gasteiger partial charge in [-0.1, -0.05) is 60.7 Å². The van der Waals surface area contributed by atoms with E-state index >= 15 is 0 Å². The first-order valence-corrected chi connectivity index (χ1v) is 14.4. The summed E-state index contributed by atoms with van der Waals surface area (Å²) in [6, 6.07) is 28.7. The van der Waals surface area contributed by atoms with Crippen molar-refractivity contribution in [1.82, 2.24) is 10.2 Å². The van der Waals surface area contributed by atoms with Crippen LogP contribution in [-0.4, -0.2) is 41.8 Å². The Hall–Kier alpha value is -5.12. The zero-order chi connectivity index (χ0) is 31.8. The lowest BCUT2D eigenvalue weighted by Crippen LogP contribution is -2.46. The summed E-state index contributed by atoms with van der Waals surface area (Å²) in [5, 5.41) is 2.62. The van der Waals surface area contributed by atoms with Crippen LogP contribution in [0.25, 0.3) is 0 Å². The first-order chi connectivity index (χ1) is 21.7. The molecule has 0 aliphatic carbocycles. The summed E-state index contributed by atoms with van der Waals surface area (Å²) in [5.41, 5.74) is 1.02. The molecular weight excluding hydrogens is 585 g/mol. The molecule has 0 aromatic heterocycles. The van der Waals surface area contributed by atoms with Crippen molar-refractivity contribution in [2.75, 3.05) is 13.1 Å². The monoisotopic (exact) mass is 616 g/mol. The largest absolute Gasteiger partial charge is 0.459 e. The summed E-state index contributed by atoms with van der Waals surface area (Å²) >= 11 is 0. The van der Waals surface area contributed by atoms with Crippen LogP contribution in [0.5, 0.6) is 11.5 Å². The Bertz CT molecular complexity index is 1590. The van der Waals surface area contributed by atoms with Crippen LogP contribution in [0.1, 0.15) is 33.5 Å². The third-order valence-corrected chi connectivity index (χ3v) is 7.51. The highest BCUT2D eigenvalue weighted by Crippen LogP contribution is 2.31. The van der Waals surface area contributed by atoms with Crippen LogP contribution in [0.3, 0.4) is 0 Å². The lowest BCUT2D eigenvalue weighted by atomic mass is 9.96. The van der Waals surface area contributed by atoms with Gasteiger partial charge in [0.1, 0.15) is 24.1 Å². The molecule has 1 saturated heterocycles. The second-order valence-corrected chi connectivity index (χ2v) is 10.8. The van der Waals surface area contributed by atoms with Crippen LogP contribution in [0.2, 0.25) is 0 Å². The van der Waals surface area contributed by atoms with E-state index in [1.165, 1.54) is 17.0 Å². The molecule has 1 aliphatic heterocycles. The minimum absolute atomic E-state index is 0.0303. The molecule has 1 fully saturated rings. The van der Waals surface area contributed by atoms with Crippen molar-refractivity contribution >= 4 is 17.8 Å². The van der Waals surface area contributed by atoms with Crippen LogP contribution in [0.4, 0.5) is 13.2 Å². The van der Waals surface area contributed by atoms with Gasteiger partial charge < -0.3 is 19.7 Å². The number of nitrogens with one attached hydrogen (secondary N) is 1. The van der Waals surface area contributed by atoms with Crippen molar-refractivity contribution in [2.24, 2.45) is 5.92 Å². The van der Waals surface area contributed by atoms with Gasteiger partial charge >= 0.3 is 12.1 Å². The van der Waals surface area contributed by atoms with Crippen molar-refractivity contribution in [3.8, 4) is 11.5 Å². The molecular formula is C35H31F3N2O5. The summed E-state index contributed by atoms with van der Waals surface area (Å²) in [6.45, 7) is -0.134. The molecule has 1 heterocycles. The lowest BCUT2D eigenvalue weighted by molar-refractivity contribution is -0.154. The Morgan fingerprint density at radius 3 is 2.04 bits per heavy atom. The number of alkyl halides is 3. The Balaban J connectivity index is 1.22. The summed E-state index contributed by atoms with van der Waals surface area (Å²) in [7, 11) is 0. The normalized spacial score (nSPS) is 16.2. The average Bonchev–Trinajstić information content (AvgIpc) is 3.47. The van der Waals surface area contributed by atoms with E-state index in [1.54, 1.807) is 24.3 Å². The second-order valence-electron chi connectivity index (χ2n) is 10.8. The molecule has 0 saturated carbocycles. The third-order valence-electron chi connectivity index (χ3n) is 7.51. The highest BCUT2D eigenvalue weighted by Gasteiger charge is 2.40. The zero-order valence-electron chi connectivity index (χ0n) is 24.2. The Kier molecular flexibility index (Phi) is 9.82. The fourth-order valence-electron chi connectivity index (χ4n) is 5.22. The SMILES string of the molecule is O=C(NCC(=O)N1C[C@H](Cc2ccc(C(F)(F)F)cc2)C[C@H]1C(=O)OCc1ccccc1)c1ccc(Oc2ccccc2)cc1. The van der Waals surface area contributed by atoms with E-state index in [0.29, 0.717) is 29.0 Å². The predicted octanol–water partition coefficient (Wildman–Crippen LogP) is 6.43. The number of hydrogen-bond acceptors (Lipinski definition) is 5. The number of amides is 2. The molecule has 4 aromatic rings. The van der Waals surface area contributed by atoms with Gasteiger partial charge in [-0.05, 0) is 78.4 Å². The molecule has 0 bridgehead atoms. The predicted molar refractivity (Wildman–Crippen MR) is 160 cm³/mol. The highest BCUT2D eigenvalue weighted by molar-refractivity contribution is 5.97. The molecule has 2 amide bonds. The third kappa shape index (κ3) is 8.50. The molecule has 5 rings (SSSR count). The first kappa shape index (κ1) is 31.3. The van der Waals surface area contributed by atoms with Crippen LogP contribution in [-0.2, 0) is 33.5 Å². The van der Waals surface area contributed by atoms with Crippen LogP contribution >= 0.6 is 0 Å². The zero-order valence-corrected chi connectivity index (χ0v) is 24.2. The van der Waals surface area contributed by atoms with E-state index in [2.05, 4.69) is 5.32 Å². The van der Waals surface area contributed by atoms with Crippen molar-refractivity contribution in [3.05, 3.63) is 131 Å². The number of carbonyl (C=O) groups excluding carboxylic acids is 3. The number of nitrogens with zero attached hydrogens (tertiary/aromatic N) is 1. The molecule has 0 spiro atoms. The number of benzene rings is 4. The standard InChI is InChI=1S/C35H31F3N2O5/c36-35(37,38)28-15-11-24(12-16-28)19-26-20-31(34(43)44-23-25-7-3-1-4-8-25)40(22-26)32(41)21-39-33(42)27-13-17-30(18-14-27)45-29-9-5-2-6-10-29/h1-18,26,31H,19-23H2,(H,39,42)/t26-,31+/m1/s1. The molecule has 1 aliphatic rings. The number of halogens is 3. The van der Waals surface area contributed by atoms with Crippen molar-refractivity contribution in [3.63, 3.8) is 0 Å². The van der Waals surface area contributed by atoms with E-state index in [-0.39, 0.29) is 32.0 Å². The summed E-state index contributed by atoms with van der Waals surface area (Å²) in [5.74, 6) is -0.529. The number of likely N-dealkylation sites (tertiary alicyclic amines) is 1. The van der Waals surface area contributed by atoms with E-state index in [0.717, 1.165) is 17.7 Å². The molecule has 232 valence electrons. The lowest BCUT2D eigenvalue weighted by Gasteiger charge is -2.23. The van der Waals surface area contributed by atoms with Gasteiger partial charge in [-0.2, -0.15) is 13.2 Å². The maximum absolute atomic E-state index is 13.3.